The lowest BCUT2D eigenvalue weighted by Crippen LogP contribution is -2.40. The molecule has 5 aromatic rings. The van der Waals surface area contributed by atoms with Crippen LogP contribution in [-0.4, -0.2) is 66.2 Å². The number of fused-ring (bicyclic) bond motifs is 1. The minimum Gasteiger partial charge on any atom is -0.360 e. The molecule has 0 saturated heterocycles. The SMILES string of the molecule is CCCN(CCNc1nc(-c2ccccc2)cs1)C(=O)C(=O)c1c[nH]c2c(-n3ccnn3)ncc(F)c12. The van der Waals surface area contributed by atoms with Crippen LogP contribution in [0.5, 0.6) is 0 Å². The van der Waals surface area contributed by atoms with E-state index in [4.69, 9.17) is 0 Å². The van der Waals surface area contributed by atoms with Crippen molar-refractivity contribution in [1.29, 1.82) is 0 Å². The Balaban J connectivity index is 1.30. The number of rotatable bonds is 10. The van der Waals surface area contributed by atoms with Crippen LogP contribution in [0.2, 0.25) is 0 Å². The highest BCUT2D eigenvalue weighted by atomic mass is 32.1. The van der Waals surface area contributed by atoms with Gasteiger partial charge in [-0.1, -0.05) is 42.5 Å². The van der Waals surface area contributed by atoms with Crippen LogP contribution in [0.15, 0.2) is 60.5 Å². The van der Waals surface area contributed by atoms with Crippen molar-refractivity contribution in [2.75, 3.05) is 25.0 Å². The summed E-state index contributed by atoms with van der Waals surface area (Å²) in [6, 6.07) is 9.85. The predicted molar refractivity (Wildman–Crippen MR) is 138 cm³/mol. The number of nitrogens with one attached hydrogen (secondary N) is 2. The summed E-state index contributed by atoms with van der Waals surface area (Å²) in [6.07, 6.45) is 6.00. The fraction of sp³-hybridized carbons (Fsp3) is 0.200. The number of pyridine rings is 1. The lowest BCUT2D eigenvalue weighted by molar-refractivity contribution is -0.126. The van der Waals surface area contributed by atoms with Gasteiger partial charge in [0, 0.05) is 36.8 Å². The molecule has 0 radical (unpaired) electrons. The molecule has 0 aliphatic heterocycles. The Morgan fingerprint density at radius 1 is 1.22 bits per heavy atom. The van der Waals surface area contributed by atoms with Crippen molar-refractivity contribution >= 4 is 39.1 Å². The molecule has 2 N–H and O–H groups in total. The highest BCUT2D eigenvalue weighted by Gasteiger charge is 2.27. The first-order valence-electron chi connectivity index (χ1n) is 11.7. The summed E-state index contributed by atoms with van der Waals surface area (Å²) in [4.78, 5) is 39.4. The predicted octanol–water partition coefficient (Wildman–Crippen LogP) is 3.94. The molecule has 0 fully saturated rings. The summed E-state index contributed by atoms with van der Waals surface area (Å²) in [5, 5.41) is 13.5. The maximum atomic E-state index is 14.8. The number of aromatic nitrogens is 6. The second kappa shape index (κ2) is 10.7. The minimum atomic E-state index is -0.796. The quantitative estimate of drug-likeness (QED) is 0.212. The van der Waals surface area contributed by atoms with Gasteiger partial charge in [-0.05, 0) is 6.42 Å². The third-order valence-corrected chi connectivity index (χ3v) is 6.53. The Morgan fingerprint density at radius 2 is 2.05 bits per heavy atom. The maximum absolute atomic E-state index is 14.8. The minimum absolute atomic E-state index is 0.00958. The van der Waals surface area contributed by atoms with E-state index in [1.807, 2.05) is 42.6 Å². The van der Waals surface area contributed by atoms with Crippen molar-refractivity contribution in [1.82, 2.24) is 34.8 Å². The van der Waals surface area contributed by atoms with Crippen LogP contribution in [0, 0.1) is 5.82 Å². The standard InChI is InChI=1S/C25H23FN8O2S/c1-2-10-33(11-8-27-25-31-19(15-37-25)16-6-4-3-5-7-16)24(36)22(35)17-13-28-21-20(17)18(26)14-29-23(21)34-12-9-30-32-34/h3-7,9,12-15,28H,2,8,10-11H2,1H3,(H,27,31). The number of hydrogen-bond donors (Lipinski definition) is 2. The fourth-order valence-corrected chi connectivity index (χ4v) is 4.75. The Labute approximate surface area is 215 Å². The van der Waals surface area contributed by atoms with Crippen LogP contribution in [0.4, 0.5) is 9.52 Å². The summed E-state index contributed by atoms with van der Waals surface area (Å²) >= 11 is 1.47. The molecule has 37 heavy (non-hydrogen) atoms. The van der Waals surface area contributed by atoms with E-state index >= 15 is 0 Å². The molecule has 4 heterocycles. The highest BCUT2D eigenvalue weighted by Crippen LogP contribution is 2.27. The number of aromatic amines is 1. The van der Waals surface area contributed by atoms with Crippen molar-refractivity contribution in [3.63, 3.8) is 0 Å². The zero-order chi connectivity index (χ0) is 25.8. The van der Waals surface area contributed by atoms with E-state index in [-0.39, 0.29) is 28.8 Å². The Morgan fingerprint density at radius 3 is 2.81 bits per heavy atom. The number of H-pyrrole nitrogens is 1. The van der Waals surface area contributed by atoms with E-state index in [2.05, 4.69) is 30.6 Å². The fourth-order valence-electron chi connectivity index (χ4n) is 4.01. The number of Topliss-reactive ketones (excluding diaryl/α,β-unsaturated/α-hetero) is 1. The number of nitrogens with zero attached hydrogens (tertiary/aromatic N) is 6. The summed E-state index contributed by atoms with van der Waals surface area (Å²) < 4.78 is 16.1. The summed E-state index contributed by atoms with van der Waals surface area (Å²) in [6.45, 7) is 3.00. The molecule has 0 bridgehead atoms. The molecule has 1 aromatic carbocycles. The third-order valence-electron chi connectivity index (χ3n) is 5.73. The highest BCUT2D eigenvalue weighted by molar-refractivity contribution is 7.14. The van der Waals surface area contributed by atoms with Gasteiger partial charge in [0.1, 0.15) is 0 Å². The van der Waals surface area contributed by atoms with Gasteiger partial charge in [0.15, 0.2) is 16.8 Å². The lowest BCUT2D eigenvalue weighted by Gasteiger charge is -2.21. The van der Waals surface area contributed by atoms with E-state index in [9.17, 15) is 14.0 Å². The van der Waals surface area contributed by atoms with Gasteiger partial charge in [-0.15, -0.1) is 16.4 Å². The summed E-state index contributed by atoms with van der Waals surface area (Å²) in [7, 11) is 0. The number of halogens is 1. The van der Waals surface area contributed by atoms with E-state index in [1.54, 1.807) is 6.20 Å². The molecule has 12 heteroatoms. The average molecular weight is 519 g/mol. The van der Waals surface area contributed by atoms with Gasteiger partial charge in [0.05, 0.1) is 40.8 Å². The van der Waals surface area contributed by atoms with Gasteiger partial charge in [-0.2, -0.15) is 0 Å². The van der Waals surface area contributed by atoms with Crippen LogP contribution in [0.1, 0.15) is 23.7 Å². The first-order chi connectivity index (χ1) is 18.1. The molecule has 0 spiro atoms. The number of thiazole rings is 1. The normalized spacial score (nSPS) is 11.1. The average Bonchev–Trinajstić information content (AvgIpc) is 3.70. The zero-order valence-corrected chi connectivity index (χ0v) is 20.7. The van der Waals surface area contributed by atoms with E-state index in [1.165, 1.54) is 33.3 Å². The van der Waals surface area contributed by atoms with Gasteiger partial charge in [0.25, 0.3) is 11.7 Å². The molecule has 1 amide bonds. The molecular formula is C25H23FN8O2S. The number of anilines is 1. The number of carbonyl (C=O) groups excluding carboxylic acids is 2. The monoisotopic (exact) mass is 518 g/mol. The van der Waals surface area contributed by atoms with Crippen molar-refractivity contribution in [2.24, 2.45) is 0 Å². The molecular weight excluding hydrogens is 495 g/mol. The van der Waals surface area contributed by atoms with Crippen LogP contribution in [-0.2, 0) is 4.79 Å². The Kier molecular flexibility index (Phi) is 6.99. The third kappa shape index (κ3) is 4.96. The van der Waals surface area contributed by atoms with Gasteiger partial charge in [-0.3, -0.25) is 9.59 Å². The number of ketones is 1. The molecule has 0 aliphatic rings. The van der Waals surface area contributed by atoms with E-state index in [0.29, 0.717) is 19.5 Å². The topological polar surface area (TPSA) is 122 Å². The molecule has 0 saturated carbocycles. The smallest absolute Gasteiger partial charge is 0.295 e. The number of hydrogen-bond acceptors (Lipinski definition) is 8. The van der Waals surface area contributed by atoms with Gasteiger partial charge in [0.2, 0.25) is 0 Å². The number of amides is 1. The van der Waals surface area contributed by atoms with Crippen molar-refractivity contribution in [3.8, 4) is 17.1 Å². The van der Waals surface area contributed by atoms with Crippen LogP contribution in [0.25, 0.3) is 28.0 Å². The first-order valence-corrected chi connectivity index (χ1v) is 12.6. The molecule has 5 rings (SSSR count). The Bertz CT molecular complexity index is 1530. The van der Waals surface area contributed by atoms with Gasteiger partial charge in [-0.25, -0.2) is 19.0 Å². The first kappa shape index (κ1) is 24.3. The number of benzene rings is 1. The van der Waals surface area contributed by atoms with Crippen LogP contribution >= 0.6 is 11.3 Å². The molecule has 4 aromatic heterocycles. The molecule has 0 atom stereocenters. The van der Waals surface area contributed by atoms with Crippen LogP contribution in [0.3, 0.4) is 0 Å². The zero-order valence-electron chi connectivity index (χ0n) is 19.9. The lowest BCUT2D eigenvalue weighted by atomic mass is 10.1. The molecule has 0 aliphatic carbocycles. The second-order valence-corrected chi connectivity index (χ2v) is 9.04. The van der Waals surface area contributed by atoms with Gasteiger partial charge >= 0.3 is 0 Å². The number of carbonyl (C=O) groups is 2. The van der Waals surface area contributed by atoms with E-state index < -0.39 is 17.5 Å². The second-order valence-electron chi connectivity index (χ2n) is 8.18. The van der Waals surface area contributed by atoms with Crippen LogP contribution < -0.4 is 5.32 Å². The van der Waals surface area contributed by atoms with E-state index in [0.717, 1.165) is 22.6 Å². The molecule has 188 valence electrons. The molecule has 10 nitrogen and oxygen atoms in total. The van der Waals surface area contributed by atoms with Gasteiger partial charge < -0.3 is 15.2 Å². The summed E-state index contributed by atoms with van der Waals surface area (Å²) in [5.41, 5.74) is 2.09. The summed E-state index contributed by atoms with van der Waals surface area (Å²) in [5.74, 6) is -1.94. The largest absolute Gasteiger partial charge is 0.360 e. The van der Waals surface area contributed by atoms with Crippen molar-refractivity contribution in [2.45, 2.75) is 13.3 Å². The van der Waals surface area contributed by atoms with Crippen molar-refractivity contribution < 1.29 is 14.0 Å². The Hall–Kier alpha value is -4.45. The molecule has 0 unspecified atom stereocenters. The maximum Gasteiger partial charge on any atom is 0.295 e. The van der Waals surface area contributed by atoms with Crippen molar-refractivity contribution in [3.05, 3.63) is 71.9 Å².